The highest BCUT2D eigenvalue weighted by Crippen LogP contribution is 2.47. The first-order valence-electron chi connectivity index (χ1n) is 14.2. The van der Waals surface area contributed by atoms with Gasteiger partial charge in [-0.3, -0.25) is 14.5 Å². The molecule has 1 saturated heterocycles. The third kappa shape index (κ3) is 6.21. The van der Waals surface area contributed by atoms with E-state index in [0.29, 0.717) is 35.7 Å². The molecule has 0 unspecified atom stereocenters. The number of ether oxygens (including phenoxy) is 1. The number of aryl methyl sites for hydroxylation is 1. The van der Waals surface area contributed by atoms with Crippen molar-refractivity contribution in [1.29, 1.82) is 5.26 Å². The second kappa shape index (κ2) is 11.6. The Morgan fingerprint density at radius 3 is 2.64 bits per heavy atom. The Bertz CT molecular complexity index is 1700. The van der Waals surface area contributed by atoms with Crippen molar-refractivity contribution in [3.8, 4) is 17.6 Å². The van der Waals surface area contributed by atoms with Crippen molar-refractivity contribution in [2.75, 3.05) is 45.1 Å². The van der Waals surface area contributed by atoms with Gasteiger partial charge in [0.2, 0.25) is 0 Å². The molecule has 214 valence electrons. The summed E-state index contributed by atoms with van der Waals surface area (Å²) in [6.45, 7) is 6.24. The Labute approximate surface area is 249 Å². The number of Topliss-reactive ketones (excluding diaryl/α,β-unsaturated/α-hetero) is 1. The van der Waals surface area contributed by atoms with Crippen molar-refractivity contribution in [1.82, 2.24) is 14.8 Å². The molecule has 0 atom stereocenters. The number of piperazine rings is 1. The van der Waals surface area contributed by atoms with E-state index in [4.69, 9.17) is 4.74 Å². The summed E-state index contributed by atoms with van der Waals surface area (Å²) in [5, 5.41) is 13.3. The van der Waals surface area contributed by atoms with Gasteiger partial charge in [-0.15, -0.1) is 11.3 Å². The normalized spacial score (nSPS) is 16.6. The molecule has 2 aliphatic rings. The molecular formula is C33H33N5O3S. The highest BCUT2D eigenvalue weighted by molar-refractivity contribution is 7.18. The van der Waals surface area contributed by atoms with Crippen LogP contribution in [0, 0.1) is 18.3 Å². The number of amides is 1. The average Bonchev–Trinajstić information content (AvgIpc) is 3.69. The zero-order chi connectivity index (χ0) is 29.3. The molecule has 1 saturated carbocycles. The number of thiazole rings is 1. The Hall–Kier alpha value is -4.10. The van der Waals surface area contributed by atoms with E-state index in [2.05, 4.69) is 33.2 Å². The van der Waals surface area contributed by atoms with E-state index in [1.54, 1.807) is 6.07 Å². The van der Waals surface area contributed by atoms with Crippen LogP contribution < -0.4 is 10.1 Å². The van der Waals surface area contributed by atoms with E-state index in [9.17, 15) is 14.9 Å². The number of carbonyl (C=O) groups is 2. The molecule has 0 bridgehead atoms. The summed E-state index contributed by atoms with van der Waals surface area (Å²) in [5.74, 6) is 1.25. The van der Waals surface area contributed by atoms with E-state index in [0.717, 1.165) is 65.4 Å². The Morgan fingerprint density at radius 1 is 1.07 bits per heavy atom. The number of fused-ring (bicyclic) bond motifs is 1. The molecule has 9 heteroatoms. The van der Waals surface area contributed by atoms with Crippen molar-refractivity contribution >= 4 is 38.9 Å². The molecule has 0 spiro atoms. The molecule has 1 aliphatic carbocycles. The van der Waals surface area contributed by atoms with Gasteiger partial charge in [0.25, 0.3) is 5.91 Å². The first-order chi connectivity index (χ1) is 20.3. The quantitative estimate of drug-likeness (QED) is 0.277. The van der Waals surface area contributed by atoms with Gasteiger partial charge < -0.3 is 15.0 Å². The van der Waals surface area contributed by atoms with Gasteiger partial charge >= 0.3 is 0 Å². The minimum Gasteiger partial charge on any atom is -0.457 e. The van der Waals surface area contributed by atoms with Crippen LogP contribution in [0.4, 0.5) is 5.69 Å². The number of likely N-dealkylation sites (N-methyl/N-ethyl adjacent to an activating group) is 1. The molecular weight excluding hydrogens is 546 g/mol. The molecule has 3 aromatic carbocycles. The van der Waals surface area contributed by atoms with E-state index in [-0.39, 0.29) is 11.7 Å². The van der Waals surface area contributed by atoms with Crippen LogP contribution in [0.15, 0.2) is 60.7 Å². The summed E-state index contributed by atoms with van der Waals surface area (Å²) in [6.07, 6.45) is 2.00. The molecule has 1 amide bonds. The first-order valence-corrected chi connectivity index (χ1v) is 15.1. The van der Waals surface area contributed by atoms with Gasteiger partial charge in [0.1, 0.15) is 16.5 Å². The topological polar surface area (TPSA) is 98.6 Å². The maximum atomic E-state index is 13.0. The van der Waals surface area contributed by atoms with Crippen LogP contribution in [0.3, 0.4) is 0 Å². The SMILES string of the molecule is Cc1ccc(NC(=O)c2cccc(C3(C#N)CC3)c2)cc1Oc1ccc2nc(CC(=O)CN3CCN(C)CC3)sc2c1. The molecule has 1 aromatic heterocycles. The van der Waals surface area contributed by atoms with E-state index >= 15 is 0 Å². The molecule has 2 heterocycles. The van der Waals surface area contributed by atoms with Crippen LogP contribution in [-0.2, 0) is 16.6 Å². The van der Waals surface area contributed by atoms with Crippen LogP contribution in [0.25, 0.3) is 10.2 Å². The summed E-state index contributed by atoms with van der Waals surface area (Å²) in [7, 11) is 2.11. The van der Waals surface area contributed by atoms with E-state index < -0.39 is 5.41 Å². The number of hydrogen-bond acceptors (Lipinski definition) is 8. The van der Waals surface area contributed by atoms with Crippen LogP contribution >= 0.6 is 11.3 Å². The lowest BCUT2D eigenvalue weighted by molar-refractivity contribution is -0.119. The minimum absolute atomic E-state index is 0.188. The molecule has 1 aliphatic heterocycles. The summed E-state index contributed by atoms with van der Waals surface area (Å²) in [6, 6.07) is 21.0. The van der Waals surface area contributed by atoms with Crippen LogP contribution in [0.2, 0.25) is 0 Å². The number of benzene rings is 3. The number of rotatable bonds is 9. The smallest absolute Gasteiger partial charge is 0.255 e. The molecule has 4 aromatic rings. The van der Waals surface area contributed by atoms with Crippen molar-refractivity contribution in [2.45, 2.75) is 31.6 Å². The Kier molecular flexibility index (Phi) is 7.78. The minimum atomic E-state index is -0.443. The summed E-state index contributed by atoms with van der Waals surface area (Å²) in [4.78, 5) is 34.9. The van der Waals surface area contributed by atoms with Crippen LogP contribution in [0.1, 0.15) is 39.3 Å². The number of nitrogens with one attached hydrogen (secondary N) is 1. The van der Waals surface area contributed by atoms with Gasteiger partial charge in [0, 0.05) is 49.6 Å². The number of ketones is 1. The fourth-order valence-corrected chi connectivity index (χ4v) is 6.26. The van der Waals surface area contributed by atoms with Crippen molar-refractivity contribution in [2.24, 2.45) is 0 Å². The number of nitrogens with zero attached hydrogens (tertiary/aromatic N) is 4. The molecule has 42 heavy (non-hydrogen) atoms. The summed E-state index contributed by atoms with van der Waals surface area (Å²) < 4.78 is 7.21. The predicted octanol–water partition coefficient (Wildman–Crippen LogP) is 5.56. The second-order valence-electron chi connectivity index (χ2n) is 11.3. The number of hydrogen-bond donors (Lipinski definition) is 1. The van der Waals surface area contributed by atoms with Gasteiger partial charge in [-0.25, -0.2) is 4.98 Å². The summed E-state index contributed by atoms with van der Waals surface area (Å²) in [5.41, 5.74) is 3.37. The molecule has 0 radical (unpaired) electrons. The van der Waals surface area contributed by atoms with E-state index in [1.165, 1.54) is 11.3 Å². The lowest BCUT2D eigenvalue weighted by Gasteiger charge is -2.31. The van der Waals surface area contributed by atoms with Gasteiger partial charge in [0.05, 0.1) is 34.7 Å². The number of aromatic nitrogens is 1. The van der Waals surface area contributed by atoms with Gasteiger partial charge in [-0.1, -0.05) is 18.2 Å². The van der Waals surface area contributed by atoms with Crippen molar-refractivity contribution in [3.05, 3.63) is 82.4 Å². The summed E-state index contributed by atoms with van der Waals surface area (Å²) >= 11 is 1.52. The largest absolute Gasteiger partial charge is 0.457 e. The number of carbonyl (C=O) groups excluding carboxylic acids is 2. The average molecular weight is 580 g/mol. The van der Waals surface area contributed by atoms with Crippen LogP contribution in [0.5, 0.6) is 11.5 Å². The van der Waals surface area contributed by atoms with Gasteiger partial charge in [-0.2, -0.15) is 5.26 Å². The Balaban J connectivity index is 1.11. The van der Waals surface area contributed by atoms with Crippen molar-refractivity contribution in [3.63, 3.8) is 0 Å². The molecule has 2 fully saturated rings. The van der Waals surface area contributed by atoms with Gasteiger partial charge in [-0.05, 0) is 68.3 Å². The molecule has 8 nitrogen and oxygen atoms in total. The first kappa shape index (κ1) is 28.0. The highest BCUT2D eigenvalue weighted by atomic mass is 32.1. The lowest BCUT2D eigenvalue weighted by Crippen LogP contribution is -2.46. The third-order valence-corrected chi connectivity index (χ3v) is 9.08. The van der Waals surface area contributed by atoms with Crippen molar-refractivity contribution < 1.29 is 14.3 Å². The molecule has 6 rings (SSSR count). The predicted molar refractivity (Wildman–Crippen MR) is 164 cm³/mol. The maximum Gasteiger partial charge on any atom is 0.255 e. The standard InChI is InChI=1S/C33H33N5O3S/c1-22-6-7-25(35-32(40)23-4-3-5-24(16-23)33(21-34)10-11-33)17-29(22)41-27-8-9-28-30(19-27)42-31(36-28)18-26(39)20-38-14-12-37(2)13-15-38/h3-9,16-17,19H,10-15,18,20H2,1-2H3,(H,35,40). The van der Waals surface area contributed by atoms with Crippen LogP contribution in [-0.4, -0.2) is 66.2 Å². The zero-order valence-electron chi connectivity index (χ0n) is 23.9. The highest BCUT2D eigenvalue weighted by Gasteiger charge is 2.45. The fraction of sp³-hybridized carbons (Fsp3) is 0.333. The monoisotopic (exact) mass is 579 g/mol. The van der Waals surface area contributed by atoms with Gasteiger partial charge in [0.15, 0.2) is 5.78 Å². The Morgan fingerprint density at radius 2 is 1.88 bits per heavy atom. The number of nitriles is 1. The second-order valence-corrected chi connectivity index (χ2v) is 12.5. The number of anilines is 1. The third-order valence-electron chi connectivity index (χ3n) is 8.06. The zero-order valence-corrected chi connectivity index (χ0v) is 24.7. The maximum absolute atomic E-state index is 13.0. The van der Waals surface area contributed by atoms with E-state index in [1.807, 2.05) is 61.5 Å². The lowest BCUT2D eigenvalue weighted by atomic mass is 9.96. The fourth-order valence-electron chi connectivity index (χ4n) is 5.24. The molecule has 1 N–H and O–H groups in total.